The molecule has 1 saturated carbocycles. The first-order valence-electron chi connectivity index (χ1n) is 9.18. The predicted molar refractivity (Wildman–Crippen MR) is 95.0 cm³/mol. The normalized spacial score (nSPS) is 21.7. The molecule has 1 amide bonds. The molecule has 6 nitrogen and oxygen atoms in total. The van der Waals surface area contributed by atoms with Gasteiger partial charge in [0.2, 0.25) is 11.7 Å². The number of hydrogen-bond acceptors (Lipinski definition) is 5. The van der Waals surface area contributed by atoms with Gasteiger partial charge in [-0.3, -0.25) is 14.4 Å². The highest BCUT2D eigenvalue weighted by atomic mass is 16.5. The summed E-state index contributed by atoms with van der Waals surface area (Å²) in [5, 5.41) is 0. The molecule has 3 rings (SSSR count). The quantitative estimate of drug-likeness (QED) is 0.577. The average Bonchev–Trinajstić information content (AvgIpc) is 3.30. The van der Waals surface area contributed by atoms with E-state index in [1.807, 2.05) is 4.90 Å². The molecule has 1 aromatic rings. The Morgan fingerprint density at radius 3 is 2.42 bits per heavy atom. The monoisotopic (exact) mass is 359 g/mol. The SMILES string of the molecule is COc1ccc(C(=O)[C@H](C)OC(=O)[C@@H]2CC(=O)N(C3CCCC3)C2)cc1. The number of nitrogens with zero attached hydrogens (tertiary/aromatic N) is 1. The second-order valence-corrected chi connectivity index (χ2v) is 7.06. The third-order valence-electron chi connectivity index (χ3n) is 5.29. The first-order chi connectivity index (χ1) is 12.5. The van der Waals surface area contributed by atoms with Crippen molar-refractivity contribution < 1.29 is 23.9 Å². The molecule has 2 atom stereocenters. The Balaban J connectivity index is 1.56. The largest absolute Gasteiger partial charge is 0.497 e. The summed E-state index contributed by atoms with van der Waals surface area (Å²) in [5.41, 5.74) is 0.459. The summed E-state index contributed by atoms with van der Waals surface area (Å²) in [6, 6.07) is 6.94. The molecular weight excluding hydrogens is 334 g/mol. The van der Waals surface area contributed by atoms with Crippen molar-refractivity contribution in [1.29, 1.82) is 0 Å². The number of benzene rings is 1. The van der Waals surface area contributed by atoms with Crippen LogP contribution in [0.1, 0.15) is 49.4 Å². The molecule has 1 heterocycles. The molecule has 0 spiro atoms. The number of carbonyl (C=O) groups excluding carboxylic acids is 3. The minimum atomic E-state index is -0.883. The minimum Gasteiger partial charge on any atom is -0.497 e. The fourth-order valence-electron chi connectivity index (χ4n) is 3.77. The number of rotatable bonds is 6. The molecule has 0 N–H and O–H groups in total. The van der Waals surface area contributed by atoms with Crippen LogP contribution in [0.25, 0.3) is 0 Å². The summed E-state index contributed by atoms with van der Waals surface area (Å²) >= 11 is 0. The lowest BCUT2D eigenvalue weighted by Gasteiger charge is -2.24. The zero-order valence-electron chi connectivity index (χ0n) is 15.3. The lowest BCUT2D eigenvalue weighted by atomic mass is 10.1. The van der Waals surface area contributed by atoms with E-state index in [4.69, 9.17) is 9.47 Å². The highest BCUT2D eigenvalue weighted by molar-refractivity contribution is 6.00. The highest BCUT2D eigenvalue weighted by Crippen LogP contribution is 2.30. The number of Topliss-reactive ketones (excluding diaryl/α,β-unsaturated/α-hetero) is 1. The van der Waals surface area contributed by atoms with Crippen molar-refractivity contribution in [2.75, 3.05) is 13.7 Å². The van der Waals surface area contributed by atoms with Crippen LogP contribution in [0.2, 0.25) is 0 Å². The van der Waals surface area contributed by atoms with Crippen LogP contribution in [0, 0.1) is 5.92 Å². The van der Waals surface area contributed by atoms with Gasteiger partial charge in [0, 0.05) is 24.6 Å². The van der Waals surface area contributed by atoms with E-state index in [2.05, 4.69) is 0 Å². The van der Waals surface area contributed by atoms with E-state index in [1.54, 1.807) is 38.3 Å². The van der Waals surface area contributed by atoms with Gasteiger partial charge in [-0.2, -0.15) is 0 Å². The first kappa shape index (κ1) is 18.4. The van der Waals surface area contributed by atoms with Crippen LogP contribution in [-0.2, 0) is 14.3 Å². The van der Waals surface area contributed by atoms with Gasteiger partial charge in [0.1, 0.15) is 5.75 Å². The number of hydrogen-bond donors (Lipinski definition) is 0. The topological polar surface area (TPSA) is 72.9 Å². The molecule has 1 aromatic carbocycles. The molecule has 0 unspecified atom stereocenters. The second kappa shape index (κ2) is 7.89. The van der Waals surface area contributed by atoms with E-state index < -0.39 is 18.0 Å². The summed E-state index contributed by atoms with van der Waals surface area (Å²) in [7, 11) is 1.55. The van der Waals surface area contributed by atoms with Gasteiger partial charge < -0.3 is 14.4 Å². The molecule has 1 aliphatic carbocycles. The third-order valence-corrected chi connectivity index (χ3v) is 5.29. The number of carbonyl (C=O) groups is 3. The molecule has 2 aliphatic rings. The van der Waals surface area contributed by atoms with Crippen LogP contribution < -0.4 is 4.74 Å². The maximum Gasteiger partial charge on any atom is 0.311 e. The Labute approximate surface area is 153 Å². The lowest BCUT2D eigenvalue weighted by molar-refractivity contribution is -0.151. The first-order valence-corrected chi connectivity index (χ1v) is 9.18. The van der Waals surface area contributed by atoms with Crippen molar-refractivity contribution in [3.8, 4) is 5.75 Å². The third kappa shape index (κ3) is 3.89. The molecule has 140 valence electrons. The van der Waals surface area contributed by atoms with Crippen LogP contribution in [-0.4, -0.2) is 48.4 Å². The van der Waals surface area contributed by atoms with Gasteiger partial charge in [-0.1, -0.05) is 12.8 Å². The van der Waals surface area contributed by atoms with Gasteiger partial charge in [-0.15, -0.1) is 0 Å². The molecule has 0 radical (unpaired) electrons. The van der Waals surface area contributed by atoms with Crippen LogP contribution in [0.4, 0.5) is 0 Å². The van der Waals surface area contributed by atoms with E-state index in [0.717, 1.165) is 25.7 Å². The zero-order chi connectivity index (χ0) is 18.7. The number of amides is 1. The van der Waals surface area contributed by atoms with Crippen LogP contribution >= 0.6 is 0 Å². The summed E-state index contributed by atoms with van der Waals surface area (Å²) in [4.78, 5) is 38.9. The molecule has 2 fully saturated rings. The van der Waals surface area contributed by atoms with Crippen molar-refractivity contribution in [2.24, 2.45) is 5.92 Å². The van der Waals surface area contributed by atoms with Gasteiger partial charge >= 0.3 is 5.97 Å². The molecular formula is C20H25NO5. The molecule has 1 saturated heterocycles. The van der Waals surface area contributed by atoms with E-state index in [-0.39, 0.29) is 24.2 Å². The zero-order valence-corrected chi connectivity index (χ0v) is 15.3. The van der Waals surface area contributed by atoms with E-state index in [1.165, 1.54) is 0 Å². The molecule has 0 aromatic heterocycles. The summed E-state index contributed by atoms with van der Waals surface area (Å²) in [6.07, 6.45) is 3.60. The fraction of sp³-hybridized carbons (Fsp3) is 0.550. The summed E-state index contributed by atoms with van der Waals surface area (Å²) < 4.78 is 10.4. The Morgan fingerprint density at radius 1 is 1.15 bits per heavy atom. The van der Waals surface area contributed by atoms with E-state index in [9.17, 15) is 14.4 Å². The van der Waals surface area contributed by atoms with Gasteiger partial charge in [0.05, 0.1) is 13.0 Å². The molecule has 1 aliphatic heterocycles. The van der Waals surface area contributed by atoms with Crippen LogP contribution in [0.3, 0.4) is 0 Å². The maximum absolute atomic E-state index is 12.4. The summed E-state index contributed by atoms with van der Waals surface area (Å²) in [5.74, 6) is -0.531. The number of ketones is 1. The Morgan fingerprint density at radius 2 is 1.81 bits per heavy atom. The van der Waals surface area contributed by atoms with E-state index >= 15 is 0 Å². The van der Waals surface area contributed by atoms with Crippen molar-refractivity contribution >= 4 is 17.7 Å². The smallest absolute Gasteiger partial charge is 0.311 e. The second-order valence-electron chi connectivity index (χ2n) is 7.06. The number of methoxy groups -OCH3 is 1. The van der Waals surface area contributed by atoms with Crippen molar-refractivity contribution in [3.05, 3.63) is 29.8 Å². The van der Waals surface area contributed by atoms with Gasteiger partial charge in [-0.25, -0.2) is 0 Å². The van der Waals surface area contributed by atoms with E-state index in [0.29, 0.717) is 17.9 Å². The van der Waals surface area contributed by atoms with Gasteiger partial charge in [0.25, 0.3) is 0 Å². The standard InChI is InChI=1S/C20H25NO5/c1-13(19(23)14-7-9-17(25-2)10-8-14)26-20(24)15-11-18(22)21(12-15)16-5-3-4-6-16/h7-10,13,15-16H,3-6,11-12H2,1-2H3/t13-,15+/m0/s1. The molecule has 0 bridgehead atoms. The van der Waals surface area contributed by atoms with Crippen LogP contribution in [0.5, 0.6) is 5.75 Å². The maximum atomic E-state index is 12.4. The van der Waals surface area contributed by atoms with Crippen molar-refractivity contribution in [3.63, 3.8) is 0 Å². The Hall–Kier alpha value is -2.37. The fourth-order valence-corrected chi connectivity index (χ4v) is 3.77. The number of ether oxygens (including phenoxy) is 2. The van der Waals surface area contributed by atoms with Gasteiger partial charge in [-0.05, 0) is 44.0 Å². The number of esters is 1. The average molecular weight is 359 g/mol. The van der Waals surface area contributed by atoms with Crippen LogP contribution in [0.15, 0.2) is 24.3 Å². The van der Waals surface area contributed by atoms with Gasteiger partial charge in [0.15, 0.2) is 6.10 Å². The minimum absolute atomic E-state index is 0.0213. The molecule has 6 heteroatoms. The number of likely N-dealkylation sites (tertiary alicyclic amines) is 1. The Bertz CT molecular complexity index is 678. The van der Waals surface area contributed by atoms with Crippen molar-refractivity contribution in [2.45, 2.75) is 51.2 Å². The summed E-state index contributed by atoms with van der Waals surface area (Å²) in [6.45, 7) is 1.97. The predicted octanol–water partition coefficient (Wildman–Crippen LogP) is 2.60. The Kier molecular flexibility index (Phi) is 5.59. The van der Waals surface area contributed by atoms with Crippen molar-refractivity contribution in [1.82, 2.24) is 4.90 Å². The highest BCUT2D eigenvalue weighted by Gasteiger charge is 2.40. The lowest BCUT2D eigenvalue weighted by Crippen LogP contribution is -2.35. The molecule has 26 heavy (non-hydrogen) atoms.